The molecule has 0 aliphatic rings. The maximum Gasteiger partial charge on any atom is 0.00860 e. The van der Waals surface area contributed by atoms with Crippen molar-refractivity contribution in [3.63, 3.8) is 0 Å². The van der Waals surface area contributed by atoms with Gasteiger partial charge in [0.2, 0.25) is 0 Å². The number of terminal acetylenes is 3. The van der Waals surface area contributed by atoms with Crippen molar-refractivity contribution < 1.29 is 0 Å². The Bertz CT molecular complexity index is 646. The van der Waals surface area contributed by atoms with Crippen molar-refractivity contribution >= 4 is 0 Å². The van der Waals surface area contributed by atoms with E-state index in [1.54, 1.807) is 16.7 Å². The van der Waals surface area contributed by atoms with Crippen molar-refractivity contribution in [3.05, 3.63) is 34.9 Å². The Balaban J connectivity index is 2.43. The van der Waals surface area contributed by atoms with E-state index < -0.39 is 0 Å². The van der Waals surface area contributed by atoms with E-state index in [1.165, 1.54) is 135 Å². The van der Waals surface area contributed by atoms with E-state index in [4.69, 9.17) is 19.3 Å². The number of hydrogen-bond donors (Lipinski definition) is 0. The molecule has 0 nitrogen and oxygen atoms in total. The Hall–Kier alpha value is -2.10. The third kappa shape index (κ3) is 19.1. The largest absolute Gasteiger partial charge is 0.120 e. The summed E-state index contributed by atoms with van der Waals surface area (Å²) in [5.74, 6) is 8.26. The highest BCUT2D eigenvalue weighted by Crippen LogP contribution is 2.19. The molecular formula is C36H54. The van der Waals surface area contributed by atoms with E-state index in [-0.39, 0.29) is 0 Å². The highest BCUT2D eigenvalue weighted by Gasteiger charge is 2.04. The topological polar surface area (TPSA) is 0 Å². The molecule has 0 aliphatic carbocycles. The van der Waals surface area contributed by atoms with Crippen LogP contribution in [-0.2, 0) is 19.3 Å². The van der Waals surface area contributed by atoms with E-state index in [2.05, 4.69) is 36.0 Å². The molecule has 0 heteroatoms. The van der Waals surface area contributed by atoms with Crippen LogP contribution >= 0.6 is 0 Å². The van der Waals surface area contributed by atoms with Crippen LogP contribution in [0.3, 0.4) is 0 Å². The molecule has 0 N–H and O–H groups in total. The zero-order valence-electron chi connectivity index (χ0n) is 23.4. The maximum absolute atomic E-state index is 5.35. The van der Waals surface area contributed by atoms with Crippen LogP contribution in [0.4, 0.5) is 0 Å². The van der Waals surface area contributed by atoms with Gasteiger partial charge in [-0.25, -0.2) is 0 Å². The number of aryl methyl sites for hydroxylation is 3. The molecule has 0 bridgehead atoms. The van der Waals surface area contributed by atoms with Gasteiger partial charge in [-0.15, -0.1) is 37.0 Å². The van der Waals surface area contributed by atoms with Gasteiger partial charge in [-0.05, 0) is 74.5 Å². The molecule has 0 unspecified atom stereocenters. The Morgan fingerprint density at radius 3 is 0.806 bits per heavy atom. The molecule has 0 amide bonds. The summed E-state index contributed by atoms with van der Waals surface area (Å²) < 4.78 is 0. The first-order valence-electron chi connectivity index (χ1n) is 15.2. The maximum atomic E-state index is 5.35. The van der Waals surface area contributed by atoms with Crippen LogP contribution in [0.1, 0.15) is 152 Å². The summed E-state index contributed by atoms with van der Waals surface area (Å²) in [4.78, 5) is 0. The molecule has 0 heterocycles. The third-order valence-corrected chi connectivity index (χ3v) is 7.22. The van der Waals surface area contributed by atoms with Crippen molar-refractivity contribution in [1.29, 1.82) is 0 Å². The van der Waals surface area contributed by atoms with Gasteiger partial charge >= 0.3 is 0 Å². The average molecular weight is 487 g/mol. The second-order valence-electron chi connectivity index (χ2n) is 10.6. The van der Waals surface area contributed by atoms with Crippen LogP contribution in [-0.4, -0.2) is 0 Å². The molecule has 0 aromatic heterocycles. The molecule has 1 aromatic carbocycles. The highest BCUT2D eigenvalue weighted by atomic mass is 14.1. The lowest BCUT2D eigenvalue weighted by molar-refractivity contribution is 0.594. The van der Waals surface area contributed by atoms with Crippen LogP contribution in [0.2, 0.25) is 0 Å². The molecule has 0 aliphatic heterocycles. The van der Waals surface area contributed by atoms with Crippen molar-refractivity contribution in [1.82, 2.24) is 0 Å². The summed E-state index contributed by atoms with van der Waals surface area (Å²) in [5, 5.41) is 0. The van der Waals surface area contributed by atoms with E-state index in [1.807, 2.05) is 0 Å². The lowest BCUT2D eigenvalue weighted by Gasteiger charge is -2.11. The molecule has 1 aromatic rings. The first kappa shape index (κ1) is 31.9. The summed E-state index contributed by atoms with van der Waals surface area (Å²) in [6.07, 6.45) is 46.0. The third-order valence-electron chi connectivity index (χ3n) is 7.22. The summed E-state index contributed by atoms with van der Waals surface area (Å²) in [6, 6.07) is 7.53. The van der Waals surface area contributed by atoms with Crippen LogP contribution in [0.5, 0.6) is 0 Å². The number of benzene rings is 1. The van der Waals surface area contributed by atoms with Gasteiger partial charge in [0, 0.05) is 19.3 Å². The van der Waals surface area contributed by atoms with Gasteiger partial charge in [-0.3, -0.25) is 0 Å². The molecule has 0 atom stereocenters. The van der Waals surface area contributed by atoms with Crippen LogP contribution in [0, 0.1) is 37.0 Å². The Morgan fingerprint density at radius 1 is 0.333 bits per heavy atom. The number of hydrogen-bond acceptors (Lipinski definition) is 0. The van der Waals surface area contributed by atoms with Gasteiger partial charge in [-0.1, -0.05) is 95.2 Å². The summed E-state index contributed by atoms with van der Waals surface area (Å²) >= 11 is 0. The predicted octanol–water partition coefficient (Wildman–Crippen LogP) is 10.4. The van der Waals surface area contributed by atoms with Gasteiger partial charge in [0.1, 0.15) is 0 Å². The molecular weight excluding hydrogens is 432 g/mol. The normalized spacial score (nSPS) is 10.6. The van der Waals surface area contributed by atoms with Gasteiger partial charge in [0.25, 0.3) is 0 Å². The number of rotatable bonds is 24. The van der Waals surface area contributed by atoms with E-state index >= 15 is 0 Å². The average Bonchev–Trinajstić information content (AvgIpc) is 2.89. The Labute approximate surface area is 225 Å². The van der Waals surface area contributed by atoms with Crippen LogP contribution < -0.4 is 0 Å². The van der Waals surface area contributed by atoms with Gasteiger partial charge in [-0.2, -0.15) is 0 Å². The lowest BCUT2D eigenvalue weighted by atomic mass is 9.95. The molecule has 36 heavy (non-hydrogen) atoms. The Morgan fingerprint density at radius 2 is 0.556 bits per heavy atom. The first-order valence-corrected chi connectivity index (χ1v) is 15.2. The summed E-state index contributed by atoms with van der Waals surface area (Å²) in [7, 11) is 0. The molecule has 0 saturated heterocycles. The SMILES string of the molecule is C#CCCCCCCCCc1cc(CCCCCCCCC#C)cc(CCCCCCCCC#C)c1. The van der Waals surface area contributed by atoms with Crippen molar-refractivity contribution in [3.8, 4) is 37.0 Å². The fraction of sp³-hybridized carbons (Fsp3) is 0.667. The second kappa shape index (κ2) is 24.6. The van der Waals surface area contributed by atoms with Crippen LogP contribution in [0.25, 0.3) is 0 Å². The zero-order chi connectivity index (χ0) is 25.9. The van der Waals surface area contributed by atoms with E-state index in [9.17, 15) is 0 Å². The smallest absolute Gasteiger partial charge is 0.00860 e. The van der Waals surface area contributed by atoms with Gasteiger partial charge < -0.3 is 0 Å². The standard InChI is InChI=1S/C36H54/c1-4-7-10-13-16-19-22-25-28-34-31-35(29-26-23-20-17-14-11-8-5-2)33-36(32-34)30-27-24-21-18-15-12-9-6-3/h1-3,31-33H,7-30H2. The quantitative estimate of drug-likeness (QED) is 0.101. The second-order valence-corrected chi connectivity index (χ2v) is 10.6. The minimum absolute atomic E-state index is 0.938. The zero-order valence-corrected chi connectivity index (χ0v) is 23.4. The first-order chi connectivity index (χ1) is 17.8. The van der Waals surface area contributed by atoms with Crippen molar-refractivity contribution in [2.75, 3.05) is 0 Å². The number of unbranched alkanes of at least 4 members (excludes halogenated alkanes) is 18. The minimum atomic E-state index is 0.938. The predicted molar refractivity (Wildman–Crippen MR) is 161 cm³/mol. The van der Waals surface area contributed by atoms with Gasteiger partial charge in [0.05, 0.1) is 0 Å². The van der Waals surface area contributed by atoms with E-state index in [0.717, 1.165) is 19.3 Å². The monoisotopic (exact) mass is 486 g/mol. The highest BCUT2D eigenvalue weighted by molar-refractivity contribution is 5.30. The van der Waals surface area contributed by atoms with Crippen molar-refractivity contribution in [2.45, 2.75) is 154 Å². The Kier molecular flexibility index (Phi) is 21.8. The molecule has 0 saturated carbocycles. The minimum Gasteiger partial charge on any atom is -0.120 e. The molecule has 0 radical (unpaired) electrons. The van der Waals surface area contributed by atoms with E-state index in [0.29, 0.717) is 0 Å². The molecule has 1 rings (SSSR count). The molecule has 198 valence electrons. The van der Waals surface area contributed by atoms with Gasteiger partial charge in [0.15, 0.2) is 0 Å². The summed E-state index contributed by atoms with van der Waals surface area (Å²) in [5.41, 5.74) is 4.70. The fourth-order valence-electron chi connectivity index (χ4n) is 5.06. The molecule has 0 fully saturated rings. The fourth-order valence-corrected chi connectivity index (χ4v) is 5.06. The molecule has 0 spiro atoms. The summed E-state index contributed by atoms with van der Waals surface area (Å²) in [6.45, 7) is 0. The lowest BCUT2D eigenvalue weighted by Crippen LogP contribution is -1.96. The van der Waals surface area contributed by atoms with Crippen molar-refractivity contribution in [2.24, 2.45) is 0 Å². The van der Waals surface area contributed by atoms with Crippen LogP contribution in [0.15, 0.2) is 18.2 Å².